The van der Waals surface area contributed by atoms with E-state index in [1.165, 1.54) is 42.5 Å². The first-order chi connectivity index (χ1) is 14.6. The molecule has 0 spiro atoms. The number of nitrogens with zero attached hydrogens (tertiary/aromatic N) is 4. The minimum Gasteiger partial charge on any atom is -0.487 e. The van der Waals surface area contributed by atoms with Gasteiger partial charge in [0.15, 0.2) is 11.6 Å². The fourth-order valence-electron chi connectivity index (χ4n) is 3.18. The van der Waals surface area contributed by atoms with E-state index in [-0.39, 0.29) is 23.2 Å². The average Bonchev–Trinajstić information content (AvgIpc) is 2.77. The highest BCUT2D eigenvalue weighted by atomic mass is 19.1. The SMILES string of the molecule is N#Cc1ccc(OC2CCN(c3nccc(Oc4ccc(F)cc4)n3)CC2)c(F)c1. The van der Waals surface area contributed by atoms with Gasteiger partial charge in [-0.15, -0.1) is 0 Å². The molecule has 0 aliphatic carbocycles. The fourth-order valence-corrected chi connectivity index (χ4v) is 3.18. The van der Waals surface area contributed by atoms with Gasteiger partial charge in [0.25, 0.3) is 0 Å². The van der Waals surface area contributed by atoms with E-state index in [1.54, 1.807) is 12.3 Å². The first-order valence-electron chi connectivity index (χ1n) is 9.48. The van der Waals surface area contributed by atoms with E-state index in [9.17, 15) is 8.78 Å². The van der Waals surface area contributed by atoms with Gasteiger partial charge in [0, 0.05) is 38.2 Å². The van der Waals surface area contributed by atoms with Crippen LogP contribution in [0.2, 0.25) is 0 Å². The highest BCUT2D eigenvalue weighted by Crippen LogP contribution is 2.26. The minimum atomic E-state index is -0.537. The molecule has 1 aliphatic rings. The van der Waals surface area contributed by atoms with Gasteiger partial charge in [0.05, 0.1) is 11.6 Å². The van der Waals surface area contributed by atoms with Gasteiger partial charge < -0.3 is 14.4 Å². The summed E-state index contributed by atoms with van der Waals surface area (Å²) < 4.78 is 38.5. The van der Waals surface area contributed by atoms with Crippen molar-refractivity contribution in [3.8, 4) is 23.4 Å². The second-order valence-electron chi connectivity index (χ2n) is 6.81. The van der Waals surface area contributed by atoms with Crippen LogP contribution in [0.15, 0.2) is 54.7 Å². The molecule has 4 rings (SSSR count). The zero-order valence-corrected chi connectivity index (χ0v) is 16.0. The lowest BCUT2D eigenvalue weighted by Gasteiger charge is -2.32. The predicted octanol–water partition coefficient (Wildman–Crippen LogP) is 4.47. The van der Waals surface area contributed by atoms with E-state index in [1.807, 2.05) is 11.0 Å². The second-order valence-corrected chi connectivity index (χ2v) is 6.81. The van der Waals surface area contributed by atoms with Crippen LogP contribution in [0.25, 0.3) is 0 Å². The summed E-state index contributed by atoms with van der Waals surface area (Å²) >= 11 is 0. The van der Waals surface area contributed by atoms with Crippen molar-refractivity contribution in [3.05, 3.63) is 71.9 Å². The Kier molecular flexibility index (Phi) is 5.70. The molecule has 0 unspecified atom stereocenters. The Bertz CT molecular complexity index is 1060. The maximum absolute atomic E-state index is 14.0. The van der Waals surface area contributed by atoms with Crippen LogP contribution >= 0.6 is 0 Å². The summed E-state index contributed by atoms with van der Waals surface area (Å²) in [5.74, 6) is 0.653. The number of benzene rings is 2. The first kappa shape index (κ1) is 19.6. The third kappa shape index (κ3) is 4.63. The molecule has 0 atom stereocenters. The average molecular weight is 408 g/mol. The molecular weight excluding hydrogens is 390 g/mol. The van der Waals surface area contributed by atoms with Gasteiger partial charge in [-0.2, -0.15) is 10.2 Å². The molecule has 0 N–H and O–H groups in total. The van der Waals surface area contributed by atoms with Crippen molar-refractivity contribution in [3.63, 3.8) is 0 Å². The molecule has 2 aromatic carbocycles. The van der Waals surface area contributed by atoms with Crippen LogP contribution in [0.4, 0.5) is 14.7 Å². The monoisotopic (exact) mass is 408 g/mol. The van der Waals surface area contributed by atoms with E-state index in [4.69, 9.17) is 14.7 Å². The van der Waals surface area contributed by atoms with Crippen LogP contribution in [0, 0.1) is 23.0 Å². The molecule has 2 heterocycles. The number of nitriles is 1. The van der Waals surface area contributed by atoms with Crippen molar-refractivity contribution in [2.24, 2.45) is 0 Å². The third-order valence-electron chi connectivity index (χ3n) is 4.73. The smallest absolute Gasteiger partial charge is 0.228 e. The normalized spacial score (nSPS) is 14.2. The van der Waals surface area contributed by atoms with Gasteiger partial charge in [0.2, 0.25) is 11.8 Å². The summed E-state index contributed by atoms with van der Waals surface area (Å²) in [6.07, 6.45) is 2.82. The Labute approximate surface area is 172 Å². The van der Waals surface area contributed by atoms with Gasteiger partial charge in [-0.25, -0.2) is 13.8 Å². The van der Waals surface area contributed by atoms with Crippen LogP contribution in [0.3, 0.4) is 0 Å². The molecule has 8 heteroatoms. The number of hydrogen-bond donors (Lipinski definition) is 0. The molecule has 1 saturated heterocycles. The summed E-state index contributed by atoms with van der Waals surface area (Å²) in [6.45, 7) is 1.28. The summed E-state index contributed by atoms with van der Waals surface area (Å²) in [5.41, 5.74) is 0.259. The lowest BCUT2D eigenvalue weighted by atomic mass is 10.1. The molecule has 6 nitrogen and oxygen atoms in total. The van der Waals surface area contributed by atoms with E-state index < -0.39 is 5.82 Å². The number of rotatable bonds is 5. The van der Waals surface area contributed by atoms with Gasteiger partial charge in [-0.1, -0.05) is 0 Å². The molecule has 30 heavy (non-hydrogen) atoms. The maximum Gasteiger partial charge on any atom is 0.228 e. The number of ether oxygens (including phenoxy) is 2. The number of anilines is 1. The topological polar surface area (TPSA) is 71.3 Å². The van der Waals surface area contributed by atoms with Crippen molar-refractivity contribution in [2.45, 2.75) is 18.9 Å². The molecule has 0 radical (unpaired) electrons. The largest absolute Gasteiger partial charge is 0.487 e. The van der Waals surface area contributed by atoms with E-state index in [2.05, 4.69) is 9.97 Å². The van der Waals surface area contributed by atoms with Crippen LogP contribution in [-0.2, 0) is 0 Å². The Morgan fingerprint density at radius 2 is 1.80 bits per heavy atom. The minimum absolute atomic E-state index is 0.137. The number of piperidine rings is 1. The second kappa shape index (κ2) is 8.74. The van der Waals surface area contributed by atoms with E-state index >= 15 is 0 Å². The number of halogens is 2. The summed E-state index contributed by atoms with van der Waals surface area (Å²) in [7, 11) is 0. The summed E-state index contributed by atoms with van der Waals surface area (Å²) in [5, 5.41) is 8.83. The molecule has 152 valence electrons. The Morgan fingerprint density at radius 3 is 2.50 bits per heavy atom. The molecule has 3 aromatic rings. The van der Waals surface area contributed by atoms with E-state index in [0.717, 1.165) is 0 Å². The van der Waals surface area contributed by atoms with Crippen molar-refractivity contribution >= 4 is 5.95 Å². The van der Waals surface area contributed by atoms with Gasteiger partial charge in [-0.05, 0) is 42.5 Å². The highest BCUT2D eigenvalue weighted by molar-refractivity contribution is 5.37. The van der Waals surface area contributed by atoms with Crippen molar-refractivity contribution in [1.29, 1.82) is 5.26 Å². The van der Waals surface area contributed by atoms with Crippen molar-refractivity contribution in [1.82, 2.24) is 9.97 Å². The molecule has 0 saturated carbocycles. The van der Waals surface area contributed by atoms with Crippen molar-refractivity contribution in [2.75, 3.05) is 18.0 Å². The van der Waals surface area contributed by atoms with Crippen LogP contribution < -0.4 is 14.4 Å². The molecule has 1 aromatic heterocycles. The molecule has 0 bridgehead atoms. The Balaban J connectivity index is 1.36. The zero-order valence-electron chi connectivity index (χ0n) is 16.0. The third-order valence-corrected chi connectivity index (χ3v) is 4.73. The maximum atomic E-state index is 14.0. The summed E-state index contributed by atoms with van der Waals surface area (Å²) in [6, 6.07) is 13.4. The zero-order chi connectivity index (χ0) is 20.9. The van der Waals surface area contributed by atoms with Crippen LogP contribution in [0.1, 0.15) is 18.4 Å². The first-order valence-corrected chi connectivity index (χ1v) is 9.48. The number of aromatic nitrogens is 2. The van der Waals surface area contributed by atoms with Crippen molar-refractivity contribution < 1.29 is 18.3 Å². The standard InChI is InChI=1S/C22H18F2N4O2/c23-16-2-4-17(5-3-16)30-21-7-10-26-22(27-21)28-11-8-18(9-12-28)29-20-6-1-15(14-25)13-19(20)24/h1-7,10,13,18H,8-9,11-12H2. The lowest BCUT2D eigenvalue weighted by molar-refractivity contribution is 0.163. The van der Waals surface area contributed by atoms with Gasteiger partial charge in [-0.3, -0.25) is 0 Å². The fraction of sp³-hybridized carbons (Fsp3) is 0.227. The van der Waals surface area contributed by atoms with Gasteiger partial charge in [0.1, 0.15) is 17.7 Å². The molecule has 1 fully saturated rings. The lowest BCUT2D eigenvalue weighted by Crippen LogP contribution is -2.39. The Hall–Kier alpha value is -3.73. The molecule has 1 aliphatic heterocycles. The number of hydrogen-bond acceptors (Lipinski definition) is 6. The van der Waals surface area contributed by atoms with E-state index in [0.29, 0.717) is 43.5 Å². The van der Waals surface area contributed by atoms with Gasteiger partial charge >= 0.3 is 0 Å². The van der Waals surface area contributed by atoms with Crippen LogP contribution in [-0.4, -0.2) is 29.2 Å². The highest BCUT2D eigenvalue weighted by Gasteiger charge is 2.23. The molecule has 0 amide bonds. The predicted molar refractivity (Wildman–Crippen MR) is 105 cm³/mol. The van der Waals surface area contributed by atoms with Crippen LogP contribution in [0.5, 0.6) is 17.4 Å². The quantitative estimate of drug-likeness (QED) is 0.621. The molecular formula is C22H18F2N4O2. The summed E-state index contributed by atoms with van der Waals surface area (Å²) in [4.78, 5) is 10.7. The Morgan fingerprint density at radius 1 is 1.03 bits per heavy atom.